The van der Waals surface area contributed by atoms with Gasteiger partial charge in [-0.3, -0.25) is 4.79 Å². The lowest BCUT2D eigenvalue weighted by atomic mass is 10.2. The second kappa shape index (κ2) is 8.29. The highest BCUT2D eigenvalue weighted by Crippen LogP contribution is 2.31. The van der Waals surface area contributed by atoms with Crippen molar-refractivity contribution in [3.63, 3.8) is 0 Å². The van der Waals surface area contributed by atoms with E-state index in [0.29, 0.717) is 6.61 Å². The van der Waals surface area contributed by atoms with E-state index in [0.717, 1.165) is 45.3 Å². The number of nitrogens with one attached hydrogen (secondary N) is 1. The highest BCUT2D eigenvalue weighted by molar-refractivity contribution is 7.24. The Morgan fingerprint density at radius 1 is 1.04 bits per heavy atom. The smallest absolute Gasteiger partial charge is 0.196 e. The van der Waals surface area contributed by atoms with Gasteiger partial charge in [0, 0.05) is 15.5 Å². The zero-order valence-electron chi connectivity index (χ0n) is 13.0. The molecule has 3 rings (SSSR count). The van der Waals surface area contributed by atoms with Crippen LogP contribution in [0.5, 0.6) is 5.75 Å². The van der Waals surface area contributed by atoms with Crippen molar-refractivity contribution in [3.8, 4) is 5.75 Å². The molecule has 5 heteroatoms. The van der Waals surface area contributed by atoms with Gasteiger partial charge in [-0.2, -0.15) is 0 Å². The first-order valence-electron chi connectivity index (χ1n) is 7.53. The minimum Gasteiger partial charge on any atom is -0.492 e. The van der Waals surface area contributed by atoms with Gasteiger partial charge < -0.3 is 10.1 Å². The fourth-order valence-corrected chi connectivity index (χ4v) is 3.63. The zero-order chi connectivity index (χ0) is 15.4. The van der Waals surface area contributed by atoms with Crippen molar-refractivity contribution >= 4 is 43.9 Å². The number of rotatable bonds is 6. The first kappa shape index (κ1) is 17.7. The number of ether oxygens (including phenoxy) is 1. The Morgan fingerprint density at radius 2 is 1.83 bits per heavy atom. The Labute approximate surface area is 145 Å². The predicted octanol–water partition coefficient (Wildman–Crippen LogP) is 4.21. The summed E-state index contributed by atoms with van der Waals surface area (Å²) in [7, 11) is 1.95. The average molecular weight is 350 g/mol. The molecule has 3 aromatic rings. The second-order valence-corrected chi connectivity index (χ2v) is 6.27. The molecule has 122 valence electrons. The van der Waals surface area contributed by atoms with Gasteiger partial charge in [0.1, 0.15) is 5.75 Å². The van der Waals surface area contributed by atoms with Crippen LogP contribution in [0.4, 0.5) is 0 Å². The summed E-state index contributed by atoms with van der Waals surface area (Å²) >= 11 is 1.62. The van der Waals surface area contributed by atoms with E-state index in [9.17, 15) is 4.79 Å². The normalized spacial score (nSPS) is 10.7. The largest absolute Gasteiger partial charge is 0.492 e. The fourth-order valence-electron chi connectivity index (χ4n) is 2.50. The van der Waals surface area contributed by atoms with E-state index in [4.69, 9.17) is 4.74 Å². The van der Waals surface area contributed by atoms with E-state index in [1.165, 1.54) is 0 Å². The minimum atomic E-state index is 0. The van der Waals surface area contributed by atoms with E-state index in [-0.39, 0.29) is 17.8 Å². The predicted molar refractivity (Wildman–Crippen MR) is 102 cm³/mol. The van der Waals surface area contributed by atoms with Gasteiger partial charge in [0.25, 0.3) is 0 Å². The lowest BCUT2D eigenvalue weighted by Gasteiger charge is -2.09. The first-order valence-corrected chi connectivity index (χ1v) is 8.35. The van der Waals surface area contributed by atoms with E-state index >= 15 is 0 Å². The first-order chi connectivity index (χ1) is 10.8. The second-order valence-electron chi connectivity index (χ2n) is 5.22. The summed E-state index contributed by atoms with van der Waals surface area (Å²) in [4.78, 5) is 12.6. The average Bonchev–Trinajstić information content (AvgIpc) is 2.55. The molecule has 0 aliphatic rings. The quantitative estimate of drug-likeness (QED) is 0.535. The van der Waals surface area contributed by atoms with Crippen LogP contribution in [0.1, 0.15) is 12.8 Å². The highest BCUT2D eigenvalue weighted by Gasteiger charge is 2.09. The molecule has 0 unspecified atom stereocenters. The molecule has 0 bridgehead atoms. The topological polar surface area (TPSA) is 38.3 Å². The van der Waals surface area contributed by atoms with Gasteiger partial charge in [-0.1, -0.05) is 18.2 Å². The van der Waals surface area contributed by atoms with E-state index in [1.54, 1.807) is 11.3 Å². The van der Waals surface area contributed by atoms with Crippen molar-refractivity contribution in [2.45, 2.75) is 12.8 Å². The van der Waals surface area contributed by atoms with Crippen LogP contribution in [-0.2, 0) is 0 Å². The Kier molecular flexibility index (Phi) is 6.39. The van der Waals surface area contributed by atoms with Crippen molar-refractivity contribution in [1.29, 1.82) is 0 Å². The highest BCUT2D eigenvalue weighted by atomic mass is 35.5. The van der Waals surface area contributed by atoms with Crippen molar-refractivity contribution in [3.05, 3.63) is 52.7 Å². The van der Waals surface area contributed by atoms with Crippen LogP contribution >= 0.6 is 23.7 Å². The van der Waals surface area contributed by atoms with Gasteiger partial charge >= 0.3 is 0 Å². The third kappa shape index (κ3) is 3.83. The van der Waals surface area contributed by atoms with Crippen LogP contribution in [0.3, 0.4) is 0 Å². The number of halogens is 1. The SMILES string of the molecule is CNCCCCOc1cccc2c(=O)c3ccccc3sc12.Cl. The number of benzene rings is 2. The van der Waals surface area contributed by atoms with Gasteiger partial charge in [-0.25, -0.2) is 0 Å². The Bertz CT molecular complexity index is 847. The maximum Gasteiger partial charge on any atom is 0.196 e. The molecule has 0 aliphatic carbocycles. The van der Waals surface area contributed by atoms with Crippen LogP contribution in [-0.4, -0.2) is 20.2 Å². The van der Waals surface area contributed by atoms with Crippen LogP contribution in [0.2, 0.25) is 0 Å². The molecule has 0 amide bonds. The number of hydrogen-bond acceptors (Lipinski definition) is 4. The Balaban J connectivity index is 0.00000192. The third-order valence-electron chi connectivity index (χ3n) is 3.65. The summed E-state index contributed by atoms with van der Waals surface area (Å²) in [5, 5.41) is 4.66. The van der Waals surface area contributed by atoms with Crippen LogP contribution < -0.4 is 15.5 Å². The molecule has 23 heavy (non-hydrogen) atoms. The fraction of sp³-hybridized carbons (Fsp3) is 0.278. The molecule has 1 N–H and O–H groups in total. The molecule has 1 aromatic heterocycles. The summed E-state index contributed by atoms with van der Waals surface area (Å²) in [6, 6.07) is 13.5. The van der Waals surface area contributed by atoms with E-state index in [1.807, 2.05) is 49.5 Å². The lowest BCUT2D eigenvalue weighted by Crippen LogP contribution is -2.09. The maximum absolute atomic E-state index is 12.6. The summed E-state index contributed by atoms with van der Waals surface area (Å²) in [5.74, 6) is 0.815. The lowest BCUT2D eigenvalue weighted by molar-refractivity contribution is 0.310. The van der Waals surface area contributed by atoms with Crippen LogP contribution in [0, 0.1) is 0 Å². The molecule has 0 radical (unpaired) electrons. The zero-order valence-corrected chi connectivity index (χ0v) is 14.6. The molecular formula is C18H20ClNO2S. The van der Waals surface area contributed by atoms with Crippen LogP contribution in [0.15, 0.2) is 47.3 Å². The molecule has 0 fully saturated rings. The van der Waals surface area contributed by atoms with Crippen molar-refractivity contribution < 1.29 is 4.74 Å². The van der Waals surface area contributed by atoms with Gasteiger partial charge in [-0.15, -0.1) is 23.7 Å². The van der Waals surface area contributed by atoms with Crippen LogP contribution in [0.25, 0.3) is 20.2 Å². The molecule has 0 saturated heterocycles. The molecule has 2 aromatic carbocycles. The summed E-state index contributed by atoms with van der Waals surface area (Å²) in [6.45, 7) is 1.67. The molecule has 0 atom stereocenters. The Hall–Kier alpha value is -1.62. The van der Waals surface area contributed by atoms with E-state index < -0.39 is 0 Å². The maximum atomic E-state index is 12.6. The standard InChI is InChI=1S/C18H19NO2S.ClH/c1-19-11-4-5-12-21-15-9-6-8-14-17(20)13-7-2-3-10-16(13)22-18(14)15;/h2-3,6-10,19H,4-5,11-12H2,1H3;1H. The minimum absolute atomic E-state index is 0. The number of hydrogen-bond donors (Lipinski definition) is 1. The van der Waals surface area contributed by atoms with Gasteiger partial charge in [0.15, 0.2) is 5.43 Å². The summed E-state index contributed by atoms with van der Waals surface area (Å²) < 4.78 is 7.86. The molecule has 3 nitrogen and oxygen atoms in total. The molecule has 0 spiro atoms. The van der Waals surface area contributed by atoms with Gasteiger partial charge in [-0.05, 0) is 50.7 Å². The summed E-state index contributed by atoms with van der Waals surface area (Å²) in [5.41, 5.74) is 0.0879. The van der Waals surface area contributed by atoms with Crippen molar-refractivity contribution in [1.82, 2.24) is 5.32 Å². The Morgan fingerprint density at radius 3 is 2.65 bits per heavy atom. The third-order valence-corrected chi connectivity index (χ3v) is 4.85. The van der Waals surface area contributed by atoms with Gasteiger partial charge in [0.05, 0.1) is 11.3 Å². The number of fused-ring (bicyclic) bond motifs is 2. The number of unbranched alkanes of at least 4 members (excludes halogenated alkanes) is 1. The monoisotopic (exact) mass is 349 g/mol. The molecule has 0 aliphatic heterocycles. The molecule has 1 heterocycles. The molecule has 0 saturated carbocycles. The van der Waals surface area contributed by atoms with Crippen molar-refractivity contribution in [2.24, 2.45) is 0 Å². The van der Waals surface area contributed by atoms with Gasteiger partial charge in [0.2, 0.25) is 0 Å². The molecular weight excluding hydrogens is 330 g/mol. The van der Waals surface area contributed by atoms with E-state index in [2.05, 4.69) is 5.32 Å². The summed E-state index contributed by atoms with van der Waals surface area (Å²) in [6.07, 6.45) is 2.08. The van der Waals surface area contributed by atoms with Crippen molar-refractivity contribution in [2.75, 3.05) is 20.2 Å².